The molecule has 0 aliphatic carbocycles. The van der Waals surface area contributed by atoms with Gasteiger partial charge in [-0.1, -0.05) is 23.2 Å². The summed E-state index contributed by atoms with van der Waals surface area (Å²) in [7, 11) is 0. The van der Waals surface area contributed by atoms with Gasteiger partial charge in [-0.2, -0.15) is 0 Å². The maximum Gasteiger partial charge on any atom is 0.131 e. The lowest BCUT2D eigenvalue weighted by molar-refractivity contribution is -0.0586. The van der Waals surface area contributed by atoms with Crippen molar-refractivity contribution in [2.24, 2.45) is 0 Å². The van der Waals surface area contributed by atoms with Crippen LogP contribution in [0.5, 0.6) is 0 Å². The minimum Gasteiger partial charge on any atom is -0.372 e. The van der Waals surface area contributed by atoms with E-state index in [0.29, 0.717) is 16.9 Å². The van der Waals surface area contributed by atoms with Crippen LogP contribution in [0.1, 0.15) is 25.5 Å². The predicted molar refractivity (Wildman–Crippen MR) is 65.0 cm³/mol. The maximum absolute atomic E-state index is 5.86. The van der Waals surface area contributed by atoms with Crippen LogP contribution in [-0.2, 0) is 4.74 Å². The standard InChI is InChI=1S/C11H14Cl2N2O/c1-11(2)6-14-8(5-16-11)7-3-9(12)15-10(13)4-7/h3-4,8,14H,5-6H2,1-2H3. The first-order valence-corrected chi connectivity index (χ1v) is 5.92. The molecular weight excluding hydrogens is 247 g/mol. The number of nitrogens with zero attached hydrogens (tertiary/aromatic N) is 1. The predicted octanol–water partition coefficient (Wildman–Crippen LogP) is 2.83. The van der Waals surface area contributed by atoms with Crippen LogP contribution in [0.25, 0.3) is 0 Å². The van der Waals surface area contributed by atoms with Gasteiger partial charge in [-0.3, -0.25) is 0 Å². The molecule has 1 unspecified atom stereocenters. The van der Waals surface area contributed by atoms with Crippen LogP contribution in [0.2, 0.25) is 10.3 Å². The molecule has 0 spiro atoms. The lowest BCUT2D eigenvalue weighted by atomic mass is 10.0. The SMILES string of the molecule is CC1(C)CNC(c2cc(Cl)nc(Cl)c2)CO1. The van der Waals surface area contributed by atoms with Crippen molar-refractivity contribution in [3.05, 3.63) is 28.0 Å². The first-order chi connectivity index (χ1) is 7.46. The zero-order valence-electron chi connectivity index (χ0n) is 9.26. The number of aromatic nitrogens is 1. The van der Waals surface area contributed by atoms with Crippen LogP contribution >= 0.6 is 23.2 Å². The minimum absolute atomic E-state index is 0.114. The molecule has 2 rings (SSSR count). The average molecular weight is 261 g/mol. The summed E-state index contributed by atoms with van der Waals surface area (Å²) in [5.74, 6) is 0. The highest BCUT2D eigenvalue weighted by Gasteiger charge is 2.28. The van der Waals surface area contributed by atoms with Crippen LogP contribution in [0.3, 0.4) is 0 Å². The van der Waals surface area contributed by atoms with Crippen molar-refractivity contribution in [3.63, 3.8) is 0 Å². The Hall–Kier alpha value is -0.350. The van der Waals surface area contributed by atoms with Crippen molar-refractivity contribution in [2.75, 3.05) is 13.2 Å². The number of rotatable bonds is 1. The quantitative estimate of drug-likeness (QED) is 0.789. The summed E-state index contributed by atoms with van der Waals surface area (Å²) in [6, 6.07) is 3.76. The Morgan fingerprint density at radius 1 is 1.38 bits per heavy atom. The molecule has 1 aromatic heterocycles. The van der Waals surface area contributed by atoms with E-state index in [0.717, 1.165) is 12.1 Å². The Morgan fingerprint density at radius 2 is 2.00 bits per heavy atom. The van der Waals surface area contributed by atoms with E-state index >= 15 is 0 Å². The zero-order valence-corrected chi connectivity index (χ0v) is 10.8. The van der Waals surface area contributed by atoms with Crippen LogP contribution < -0.4 is 5.32 Å². The van der Waals surface area contributed by atoms with Crippen LogP contribution in [0, 0.1) is 0 Å². The molecule has 5 heteroatoms. The van der Waals surface area contributed by atoms with Gasteiger partial charge >= 0.3 is 0 Å². The molecule has 0 radical (unpaired) electrons. The molecule has 16 heavy (non-hydrogen) atoms. The molecule has 1 saturated heterocycles. The Labute approximate surface area is 105 Å². The average Bonchev–Trinajstić information content (AvgIpc) is 2.15. The van der Waals surface area contributed by atoms with E-state index in [1.54, 1.807) is 0 Å². The Kier molecular flexibility index (Phi) is 3.40. The number of nitrogens with one attached hydrogen (secondary N) is 1. The van der Waals surface area contributed by atoms with Gasteiger partial charge in [0.05, 0.1) is 18.2 Å². The third kappa shape index (κ3) is 2.86. The fourth-order valence-corrected chi connectivity index (χ4v) is 2.16. The normalized spacial score (nSPS) is 24.4. The summed E-state index contributed by atoms with van der Waals surface area (Å²) in [5.41, 5.74) is 0.900. The molecule has 0 aromatic carbocycles. The number of halogens is 2. The van der Waals surface area contributed by atoms with Crippen molar-refractivity contribution < 1.29 is 4.74 Å². The number of ether oxygens (including phenoxy) is 1. The number of hydrogen-bond donors (Lipinski definition) is 1. The Bertz CT molecular complexity index is 365. The van der Waals surface area contributed by atoms with Gasteiger partial charge in [-0.25, -0.2) is 4.98 Å². The van der Waals surface area contributed by atoms with E-state index in [2.05, 4.69) is 24.1 Å². The smallest absolute Gasteiger partial charge is 0.131 e. The molecular formula is C11H14Cl2N2O. The highest BCUT2D eigenvalue weighted by molar-refractivity contribution is 6.32. The molecule has 2 heterocycles. The van der Waals surface area contributed by atoms with E-state index in [9.17, 15) is 0 Å². The number of morpholine rings is 1. The van der Waals surface area contributed by atoms with Crippen LogP contribution in [0.15, 0.2) is 12.1 Å². The summed E-state index contributed by atoms with van der Waals surface area (Å²) in [6.45, 7) is 5.53. The van der Waals surface area contributed by atoms with Gasteiger partial charge in [0.1, 0.15) is 10.3 Å². The van der Waals surface area contributed by atoms with Gasteiger partial charge in [-0.05, 0) is 31.5 Å². The zero-order chi connectivity index (χ0) is 11.8. The fourth-order valence-electron chi connectivity index (χ4n) is 1.69. The Balaban J connectivity index is 2.14. The summed E-state index contributed by atoms with van der Waals surface area (Å²) in [5, 5.41) is 4.23. The second kappa shape index (κ2) is 4.49. The van der Waals surface area contributed by atoms with Gasteiger partial charge in [0.25, 0.3) is 0 Å². The Morgan fingerprint density at radius 3 is 2.50 bits per heavy atom. The van der Waals surface area contributed by atoms with E-state index in [1.165, 1.54) is 0 Å². The summed E-state index contributed by atoms with van der Waals surface area (Å²) in [6.07, 6.45) is 0. The third-order valence-electron chi connectivity index (χ3n) is 2.60. The molecule has 0 bridgehead atoms. The van der Waals surface area contributed by atoms with Crippen molar-refractivity contribution in [1.82, 2.24) is 10.3 Å². The van der Waals surface area contributed by atoms with Gasteiger partial charge in [0, 0.05) is 6.54 Å². The highest BCUT2D eigenvalue weighted by Crippen LogP contribution is 2.25. The summed E-state index contributed by atoms with van der Waals surface area (Å²) in [4.78, 5) is 3.92. The van der Waals surface area contributed by atoms with E-state index in [-0.39, 0.29) is 11.6 Å². The van der Waals surface area contributed by atoms with E-state index < -0.39 is 0 Å². The maximum atomic E-state index is 5.86. The van der Waals surface area contributed by atoms with Crippen LogP contribution in [0.4, 0.5) is 0 Å². The molecule has 0 saturated carbocycles. The molecule has 1 aromatic rings. The van der Waals surface area contributed by atoms with Gasteiger partial charge in [-0.15, -0.1) is 0 Å². The monoisotopic (exact) mass is 260 g/mol. The molecule has 3 nitrogen and oxygen atoms in total. The van der Waals surface area contributed by atoms with E-state index in [1.807, 2.05) is 12.1 Å². The minimum atomic E-state index is -0.114. The molecule has 1 fully saturated rings. The lowest BCUT2D eigenvalue weighted by Crippen LogP contribution is -2.47. The van der Waals surface area contributed by atoms with E-state index in [4.69, 9.17) is 27.9 Å². The lowest BCUT2D eigenvalue weighted by Gasteiger charge is -2.36. The van der Waals surface area contributed by atoms with Gasteiger partial charge in [0.2, 0.25) is 0 Å². The topological polar surface area (TPSA) is 34.2 Å². The first-order valence-electron chi connectivity index (χ1n) is 5.17. The third-order valence-corrected chi connectivity index (χ3v) is 2.99. The second-order valence-corrected chi connectivity index (χ2v) is 5.32. The van der Waals surface area contributed by atoms with Crippen LogP contribution in [-0.4, -0.2) is 23.7 Å². The van der Waals surface area contributed by atoms with Crippen molar-refractivity contribution in [1.29, 1.82) is 0 Å². The summed E-state index contributed by atoms with van der Waals surface area (Å²) < 4.78 is 5.74. The molecule has 1 atom stereocenters. The van der Waals surface area contributed by atoms with Gasteiger partial charge in [0.15, 0.2) is 0 Å². The molecule has 1 aliphatic rings. The van der Waals surface area contributed by atoms with Crippen molar-refractivity contribution >= 4 is 23.2 Å². The fraction of sp³-hybridized carbons (Fsp3) is 0.545. The van der Waals surface area contributed by atoms with Crippen molar-refractivity contribution in [2.45, 2.75) is 25.5 Å². The number of hydrogen-bond acceptors (Lipinski definition) is 3. The molecule has 1 aliphatic heterocycles. The number of pyridine rings is 1. The second-order valence-electron chi connectivity index (χ2n) is 4.55. The first kappa shape index (κ1) is 12.1. The largest absolute Gasteiger partial charge is 0.372 e. The summed E-state index contributed by atoms with van der Waals surface area (Å²) >= 11 is 11.7. The molecule has 1 N–H and O–H groups in total. The van der Waals surface area contributed by atoms with Gasteiger partial charge < -0.3 is 10.1 Å². The molecule has 88 valence electrons. The van der Waals surface area contributed by atoms with Crippen molar-refractivity contribution in [3.8, 4) is 0 Å². The highest BCUT2D eigenvalue weighted by atomic mass is 35.5. The molecule has 0 amide bonds.